The molecule has 0 aromatic heterocycles. The molecule has 0 aliphatic carbocycles. The van der Waals surface area contributed by atoms with Crippen LogP contribution in [0.25, 0.3) is 0 Å². The number of phenols is 3. The van der Waals surface area contributed by atoms with E-state index >= 15 is 0 Å². The van der Waals surface area contributed by atoms with Crippen LogP contribution in [0, 0.1) is 0 Å². The number of hydrogen-bond acceptors (Lipinski definition) is 7. The molecule has 318 valence electrons. The molecule has 0 radical (unpaired) electrons. The van der Waals surface area contributed by atoms with E-state index in [4.69, 9.17) is 11.9 Å². The van der Waals surface area contributed by atoms with Crippen molar-refractivity contribution in [3.8, 4) is 28.7 Å². The molecular formula is C39H27F12N3O6. The molecule has 21 heteroatoms. The zero-order chi connectivity index (χ0) is 45.5. The van der Waals surface area contributed by atoms with Gasteiger partial charge in [-0.3, -0.25) is 9.59 Å². The summed E-state index contributed by atoms with van der Waals surface area (Å²) in [4.78, 5) is 26.0. The number of ether oxygens (including phenoxy) is 1. The third kappa shape index (κ3) is 8.10. The average molecular weight is 863 g/mol. The molecule has 0 unspecified atom stereocenters. The number of nitrogens with one attached hydrogen (secondary N) is 2. The van der Waals surface area contributed by atoms with Crippen molar-refractivity contribution in [2.75, 3.05) is 16.4 Å². The van der Waals surface area contributed by atoms with E-state index in [0.717, 1.165) is 24.3 Å². The van der Waals surface area contributed by atoms with Gasteiger partial charge in [0.15, 0.2) is 5.41 Å². The van der Waals surface area contributed by atoms with Crippen molar-refractivity contribution in [2.24, 2.45) is 0 Å². The van der Waals surface area contributed by atoms with E-state index in [1.54, 1.807) is 0 Å². The van der Waals surface area contributed by atoms with Gasteiger partial charge in [0.05, 0.1) is 17.1 Å². The Labute approximate surface area is 331 Å². The molecule has 7 N–H and O–H groups in total. The van der Waals surface area contributed by atoms with E-state index in [2.05, 4.69) is 15.7 Å². The minimum Gasteiger partial charge on any atom is -0.506 e. The van der Waals surface area contributed by atoms with E-state index < -0.39 is 98.4 Å². The molecule has 0 aliphatic heterocycles. The molecule has 5 rings (SSSR count). The van der Waals surface area contributed by atoms with Crippen molar-refractivity contribution in [3.63, 3.8) is 0 Å². The quantitative estimate of drug-likeness (QED) is 0.0464. The molecule has 0 atom stereocenters. The van der Waals surface area contributed by atoms with E-state index in [9.17, 15) is 72.5 Å². The first-order chi connectivity index (χ1) is 28.1. The maximum absolute atomic E-state index is 14.7. The monoisotopic (exact) mass is 862 g/mol. The number of hydrogen-bond donors (Lipinski definition) is 6. The second-order valence-electron chi connectivity index (χ2n) is 13.1. The average Bonchev–Trinajstić information content (AvgIpc) is 3.15. The molecule has 5 aromatic rings. The maximum atomic E-state index is 14.7. The number of amides is 2. The molecule has 0 spiro atoms. The van der Waals surface area contributed by atoms with Gasteiger partial charge in [-0.1, -0.05) is 18.2 Å². The van der Waals surface area contributed by atoms with Gasteiger partial charge in [-0.05, 0) is 109 Å². The second-order valence-corrected chi connectivity index (χ2v) is 13.1. The van der Waals surface area contributed by atoms with Gasteiger partial charge in [0.2, 0.25) is 5.41 Å². The highest BCUT2D eigenvalue weighted by molar-refractivity contribution is 6.06. The Kier molecular flexibility index (Phi) is 11.0. The largest absolute Gasteiger partial charge is 0.506 e. The minimum atomic E-state index is -6.08. The third-order valence-electron chi connectivity index (χ3n) is 9.40. The van der Waals surface area contributed by atoms with Crippen molar-refractivity contribution in [2.45, 2.75) is 42.5 Å². The topological polar surface area (TPSA) is 154 Å². The van der Waals surface area contributed by atoms with Crippen molar-refractivity contribution < 1.29 is 82.3 Å². The number of anilines is 3. The Morgan fingerprint density at radius 2 is 0.933 bits per heavy atom. The number of phenolic OH excluding ortho intramolecular Hbond substituents is 3. The normalized spacial score (nSPS) is 13.0. The van der Waals surface area contributed by atoms with Crippen LogP contribution in [0.1, 0.15) is 44.3 Å². The first-order valence-corrected chi connectivity index (χ1v) is 16.6. The van der Waals surface area contributed by atoms with Crippen LogP contribution in [-0.2, 0) is 10.8 Å². The Morgan fingerprint density at radius 3 is 1.35 bits per heavy atom. The molecule has 0 heterocycles. The molecular weight excluding hydrogens is 834 g/mol. The molecule has 60 heavy (non-hydrogen) atoms. The highest BCUT2D eigenvalue weighted by Gasteiger charge is 2.73. The zero-order valence-electron chi connectivity index (χ0n) is 31.0. The van der Waals surface area contributed by atoms with Crippen molar-refractivity contribution in [1.29, 1.82) is 1.43 Å². The Balaban J connectivity index is 1.33. The molecule has 2 amide bonds. The third-order valence-corrected chi connectivity index (χ3v) is 9.40. The lowest BCUT2D eigenvalue weighted by Crippen LogP contribution is -2.54. The van der Waals surface area contributed by atoms with Gasteiger partial charge in [-0.15, -0.1) is 0 Å². The number of nitrogen functional groups attached to an aromatic ring is 1. The van der Waals surface area contributed by atoms with Gasteiger partial charge in [-0.25, -0.2) is 0 Å². The highest BCUT2D eigenvalue weighted by atomic mass is 19.4. The zero-order valence-corrected chi connectivity index (χ0v) is 30.0. The molecule has 0 bridgehead atoms. The lowest BCUT2D eigenvalue weighted by Gasteiger charge is -2.38. The van der Waals surface area contributed by atoms with Gasteiger partial charge in [0.25, 0.3) is 13.2 Å². The summed E-state index contributed by atoms with van der Waals surface area (Å²) in [6.07, 6.45) is -23.8. The summed E-state index contributed by atoms with van der Waals surface area (Å²) in [6, 6.07) is 13.3. The van der Waals surface area contributed by atoms with Gasteiger partial charge in [0, 0.05) is 11.1 Å². The summed E-state index contributed by atoms with van der Waals surface area (Å²) >= 11 is 0. The summed E-state index contributed by atoms with van der Waals surface area (Å²) in [7, 11) is 0. The van der Waals surface area contributed by atoms with Gasteiger partial charge in [0.1, 0.15) is 28.7 Å². The number of nitrogens with two attached hydrogens (primary N) is 1. The van der Waals surface area contributed by atoms with Crippen LogP contribution in [-0.4, -0.2) is 53.3 Å². The number of alkyl halides is 12. The van der Waals surface area contributed by atoms with Crippen LogP contribution < -0.4 is 21.1 Å². The number of carbonyl (C=O) groups is 2. The van der Waals surface area contributed by atoms with E-state index in [-0.39, 0.29) is 29.5 Å². The fourth-order valence-corrected chi connectivity index (χ4v) is 5.94. The number of benzene rings is 5. The maximum Gasteiger partial charge on any atom is 0.411 e. The predicted molar refractivity (Wildman–Crippen MR) is 190 cm³/mol. The Hall–Kier alpha value is -6.80. The Morgan fingerprint density at radius 1 is 0.550 bits per heavy atom. The van der Waals surface area contributed by atoms with Crippen LogP contribution in [0.15, 0.2) is 103 Å². The number of aromatic hydroxyl groups is 3. The first kappa shape index (κ1) is 42.8. The Bertz CT molecular complexity index is 2410. The van der Waals surface area contributed by atoms with Gasteiger partial charge >= 0.3 is 24.7 Å². The molecule has 0 fully saturated rings. The molecule has 9 nitrogen and oxygen atoms in total. The minimum absolute atomic E-state index is 0.0401. The summed E-state index contributed by atoms with van der Waals surface area (Å²) in [5.41, 5.74) is -10.5. The van der Waals surface area contributed by atoms with Crippen molar-refractivity contribution in [1.82, 2.24) is 0 Å². The van der Waals surface area contributed by atoms with Crippen LogP contribution in [0.5, 0.6) is 28.7 Å². The van der Waals surface area contributed by atoms with E-state index in [1.165, 1.54) is 24.3 Å². The van der Waals surface area contributed by atoms with Crippen molar-refractivity contribution in [3.05, 3.63) is 131 Å². The van der Waals surface area contributed by atoms with E-state index in [1.807, 2.05) is 0 Å². The summed E-state index contributed by atoms with van der Waals surface area (Å²) < 4.78 is 183. The fourth-order valence-electron chi connectivity index (χ4n) is 5.94. The summed E-state index contributed by atoms with van der Waals surface area (Å²) in [5.74, 6) is -4.31. The molecule has 0 aliphatic rings. The standard InChI is InChI=1S/C39H27F12N3O6/c1-34(36(40,41)42,37(43,44)45)21-6-14-30(56)27(17-21)53-32(58)19-2-9-24(10-3-19)60-25-11-4-20(5-12-25)33(59)54-28-18-23(8-15-31(28)57)35(38(46,47)48,39(49,50)51)22-7-13-29(55)26(52)16-22/h2-18,55-57H,52H2,1H3,(H,53,58)(H,54,59)/i/hD. The molecule has 5 aromatic carbocycles. The summed E-state index contributed by atoms with van der Waals surface area (Å²) in [6.45, 7) is -0.0900. The number of rotatable bonds is 10. The smallest absolute Gasteiger partial charge is 0.411 e. The molecule has 0 saturated carbocycles. The lowest BCUT2D eigenvalue weighted by atomic mass is 9.72. The van der Waals surface area contributed by atoms with E-state index in [0.29, 0.717) is 54.6 Å². The van der Waals surface area contributed by atoms with Crippen LogP contribution in [0.4, 0.5) is 69.7 Å². The fraction of sp³-hybridized carbons (Fsp3) is 0.179. The first-order valence-electron chi connectivity index (χ1n) is 17.0. The SMILES string of the molecule is [2H]Oc1ccc(C(c2ccc(O)c(N)c2)(C(F)(F)F)C(F)(F)F)cc1NC(=O)c1ccc(Oc2ccc(C(=O)Nc3cc(C(C)(C(F)(F)F)C(F)(F)F)ccc3O)cc2)cc1. The van der Waals surface area contributed by atoms with Crippen LogP contribution in [0.2, 0.25) is 0 Å². The summed E-state index contributed by atoms with van der Waals surface area (Å²) in [5, 5.41) is 28.3. The lowest BCUT2D eigenvalue weighted by molar-refractivity contribution is -0.297. The van der Waals surface area contributed by atoms with Crippen LogP contribution >= 0.6 is 0 Å². The molecule has 0 saturated heterocycles. The number of halogens is 12. The second kappa shape index (κ2) is 15.4. The highest BCUT2D eigenvalue weighted by Crippen LogP contribution is 2.57. The van der Waals surface area contributed by atoms with Gasteiger partial charge < -0.3 is 36.4 Å². The predicted octanol–water partition coefficient (Wildman–Crippen LogP) is 10.5. The van der Waals surface area contributed by atoms with Gasteiger partial charge in [-0.2, -0.15) is 52.7 Å². The number of carbonyl (C=O) groups excluding carboxylic acids is 2. The van der Waals surface area contributed by atoms with Crippen molar-refractivity contribution >= 4 is 28.9 Å². The van der Waals surface area contributed by atoms with Crippen LogP contribution in [0.3, 0.4) is 0 Å².